The first-order valence-electron chi connectivity index (χ1n) is 7.27. The number of aromatic nitrogens is 2. The van der Waals surface area contributed by atoms with E-state index in [2.05, 4.69) is 15.5 Å². The van der Waals surface area contributed by atoms with E-state index in [1.807, 2.05) is 24.3 Å². The molecule has 0 bridgehead atoms. The third kappa shape index (κ3) is 3.67. The van der Waals surface area contributed by atoms with Crippen molar-refractivity contribution in [2.24, 2.45) is 0 Å². The summed E-state index contributed by atoms with van der Waals surface area (Å²) in [5.74, 6) is -0.0243. The highest BCUT2D eigenvalue weighted by Crippen LogP contribution is 2.24. The summed E-state index contributed by atoms with van der Waals surface area (Å²) in [7, 11) is 0. The van der Waals surface area contributed by atoms with Gasteiger partial charge >= 0.3 is 0 Å². The Morgan fingerprint density at radius 3 is 2.82 bits per heavy atom. The van der Waals surface area contributed by atoms with Crippen molar-refractivity contribution in [3.05, 3.63) is 52.8 Å². The Morgan fingerprint density at radius 1 is 1.36 bits per heavy atom. The molecule has 5 nitrogen and oxygen atoms in total. The smallest absolute Gasteiger partial charge is 0.226 e. The molecule has 1 unspecified atom stereocenters. The molecule has 1 atom stereocenters. The molecule has 2 aromatic rings. The standard InChI is InChI=1S/C16H18ClN3O2/c17-13-3-1-12(2-4-13)10-16(6-8-22-11-16)19-15(21)9-14-5-7-18-20-14/h1-5,7H,6,8-11H2,(H,18,20)(H,19,21). The van der Waals surface area contributed by atoms with Gasteiger partial charge in [0.15, 0.2) is 0 Å². The van der Waals surface area contributed by atoms with Crippen LogP contribution in [-0.4, -0.2) is 34.9 Å². The summed E-state index contributed by atoms with van der Waals surface area (Å²) < 4.78 is 5.53. The first-order chi connectivity index (χ1) is 10.7. The van der Waals surface area contributed by atoms with Crippen molar-refractivity contribution < 1.29 is 9.53 Å². The van der Waals surface area contributed by atoms with Gasteiger partial charge in [0, 0.05) is 23.5 Å². The van der Waals surface area contributed by atoms with E-state index in [0.29, 0.717) is 24.7 Å². The first kappa shape index (κ1) is 15.1. The quantitative estimate of drug-likeness (QED) is 0.887. The maximum atomic E-state index is 12.3. The van der Waals surface area contributed by atoms with E-state index in [1.54, 1.807) is 12.3 Å². The number of carbonyl (C=O) groups excluding carboxylic acids is 1. The lowest BCUT2D eigenvalue weighted by Crippen LogP contribution is -2.51. The van der Waals surface area contributed by atoms with Crippen molar-refractivity contribution in [2.45, 2.75) is 24.8 Å². The van der Waals surface area contributed by atoms with Gasteiger partial charge < -0.3 is 10.1 Å². The van der Waals surface area contributed by atoms with Gasteiger partial charge in [0.1, 0.15) is 0 Å². The number of aromatic amines is 1. The van der Waals surface area contributed by atoms with E-state index in [4.69, 9.17) is 16.3 Å². The van der Waals surface area contributed by atoms with E-state index < -0.39 is 0 Å². The SMILES string of the molecule is O=C(Cc1ccn[nH]1)NC1(Cc2ccc(Cl)cc2)CCOC1. The van der Waals surface area contributed by atoms with E-state index in [-0.39, 0.29) is 11.4 Å². The van der Waals surface area contributed by atoms with Gasteiger partial charge in [-0.1, -0.05) is 23.7 Å². The Balaban J connectivity index is 1.68. The average molecular weight is 320 g/mol. The number of nitrogens with one attached hydrogen (secondary N) is 2. The molecule has 0 aliphatic carbocycles. The van der Waals surface area contributed by atoms with E-state index in [1.165, 1.54) is 0 Å². The highest BCUT2D eigenvalue weighted by Gasteiger charge is 2.36. The van der Waals surface area contributed by atoms with Crippen LogP contribution in [0.25, 0.3) is 0 Å². The Hall–Kier alpha value is -1.85. The number of hydrogen-bond donors (Lipinski definition) is 2. The van der Waals surface area contributed by atoms with Gasteiger partial charge in [-0.2, -0.15) is 5.10 Å². The van der Waals surface area contributed by atoms with Crippen molar-refractivity contribution in [3.8, 4) is 0 Å². The van der Waals surface area contributed by atoms with Crippen LogP contribution in [0.4, 0.5) is 0 Å². The van der Waals surface area contributed by atoms with Gasteiger partial charge in [0.05, 0.1) is 18.6 Å². The highest BCUT2D eigenvalue weighted by molar-refractivity contribution is 6.30. The summed E-state index contributed by atoms with van der Waals surface area (Å²) in [6.45, 7) is 1.20. The fourth-order valence-electron chi connectivity index (χ4n) is 2.78. The first-order valence-corrected chi connectivity index (χ1v) is 7.64. The van der Waals surface area contributed by atoms with Gasteiger partial charge in [-0.25, -0.2) is 0 Å². The zero-order valence-corrected chi connectivity index (χ0v) is 12.9. The van der Waals surface area contributed by atoms with E-state index >= 15 is 0 Å². The second-order valence-electron chi connectivity index (χ2n) is 5.69. The van der Waals surface area contributed by atoms with Crippen molar-refractivity contribution in [1.82, 2.24) is 15.5 Å². The molecule has 116 valence electrons. The van der Waals surface area contributed by atoms with E-state index in [0.717, 1.165) is 24.1 Å². The number of ether oxygens (including phenoxy) is 1. The molecule has 1 aromatic carbocycles. The van der Waals surface area contributed by atoms with Crippen molar-refractivity contribution in [1.29, 1.82) is 0 Å². The topological polar surface area (TPSA) is 67.0 Å². The minimum Gasteiger partial charge on any atom is -0.379 e. The van der Waals surface area contributed by atoms with E-state index in [9.17, 15) is 4.79 Å². The fourth-order valence-corrected chi connectivity index (χ4v) is 2.90. The summed E-state index contributed by atoms with van der Waals surface area (Å²) in [4.78, 5) is 12.3. The van der Waals surface area contributed by atoms with Crippen LogP contribution < -0.4 is 5.32 Å². The lowest BCUT2D eigenvalue weighted by molar-refractivity contribution is -0.122. The zero-order valence-electron chi connectivity index (χ0n) is 12.1. The predicted octanol–water partition coefficient (Wildman–Crippen LogP) is 2.12. The fraction of sp³-hybridized carbons (Fsp3) is 0.375. The summed E-state index contributed by atoms with van der Waals surface area (Å²) in [5.41, 5.74) is 1.60. The summed E-state index contributed by atoms with van der Waals surface area (Å²) >= 11 is 5.92. The molecule has 1 saturated heterocycles. The minimum atomic E-state index is -0.342. The lowest BCUT2D eigenvalue weighted by atomic mass is 9.89. The Kier molecular flexibility index (Phi) is 4.45. The molecular weight excluding hydrogens is 302 g/mol. The summed E-state index contributed by atoms with van der Waals surface area (Å²) in [5, 5.41) is 10.5. The number of hydrogen-bond acceptors (Lipinski definition) is 3. The second kappa shape index (κ2) is 6.50. The maximum Gasteiger partial charge on any atom is 0.226 e. The molecular formula is C16H18ClN3O2. The third-order valence-corrected chi connectivity index (χ3v) is 4.13. The number of H-pyrrole nitrogens is 1. The van der Waals surface area contributed by atoms with Crippen LogP contribution in [0, 0.1) is 0 Å². The van der Waals surface area contributed by atoms with Gasteiger partial charge in [0.25, 0.3) is 0 Å². The molecule has 6 heteroatoms. The van der Waals surface area contributed by atoms with Gasteiger partial charge in [-0.15, -0.1) is 0 Å². The number of nitrogens with zero attached hydrogens (tertiary/aromatic N) is 1. The van der Waals surface area contributed by atoms with Crippen LogP contribution >= 0.6 is 11.6 Å². The molecule has 2 heterocycles. The van der Waals surface area contributed by atoms with Gasteiger partial charge in [-0.3, -0.25) is 9.89 Å². The number of amides is 1. The monoisotopic (exact) mass is 319 g/mol. The minimum absolute atomic E-state index is 0.0243. The molecule has 1 aromatic heterocycles. The Labute approximate surface area is 134 Å². The number of carbonyl (C=O) groups is 1. The summed E-state index contributed by atoms with van der Waals surface area (Å²) in [6, 6.07) is 9.52. The Morgan fingerprint density at radius 2 is 2.18 bits per heavy atom. The van der Waals surface area contributed by atoms with Crippen LogP contribution in [0.1, 0.15) is 17.7 Å². The molecule has 22 heavy (non-hydrogen) atoms. The Bertz CT molecular complexity index is 619. The third-order valence-electron chi connectivity index (χ3n) is 3.87. The zero-order chi connectivity index (χ0) is 15.4. The van der Waals surface area contributed by atoms with Crippen molar-refractivity contribution in [2.75, 3.05) is 13.2 Å². The molecule has 1 amide bonds. The molecule has 1 aliphatic rings. The molecule has 3 rings (SSSR count). The molecule has 0 radical (unpaired) electrons. The van der Waals surface area contributed by atoms with Crippen LogP contribution in [0.2, 0.25) is 5.02 Å². The highest BCUT2D eigenvalue weighted by atomic mass is 35.5. The molecule has 1 aliphatic heterocycles. The average Bonchev–Trinajstić information content (AvgIpc) is 3.14. The van der Waals surface area contributed by atoms with Crippen LogP contribution in [0.5, 0.6) is 0 Å². The van der Waals surface area contributed by atoms with Crippen molar-refractivity contribution in [3.63, 3.8) is 0 Å². The number of rotatable bonds is 5. The largest absolute Gasteiger partial charge is 0.379 e. The normalized spacial score (nSPS) is 21.0. The van der Waals surface area contributed by atoms with Crippen LogP contribution in [-0.2, 0) is 22.4 Å². The van der Waals surface area contributed by atoms with Crippen molar-refractivity contribution >= 4 is 17.5 Å². The maximum absolute atomic E-state index is 12.3. The molecule has 1 fully saturated rings. The molecule has 0 saturated carbocycles. The van der Waals surface area contributed by atoms with Crippen LogP contribution in [0.3, 0.4) is 0 Å². The second-order valence-corrected chi connectivity index (χ2v) is 6.13. The lowest BCUT2D eigenvalue weighted by Gasteiger charge is -2.29. The predicted molar refractivity (Wildman–Crippen MR) is 83.8 cm³/mol. The number of benzene rings is 1. The molecule has 2 N–H and O–H groups in total. The summed E-state index contributed by atoms with van der Waals surface area (Å²) in [6.07, 6.45) is 3.48. The van der Waals surface area contributed by atoms with Crippen LogP contribution in [0.15, 0.2) is 36.5 Å². The van der Waals surface area contributed by atoms with Gasteiger partial charge in [0.2, 0.25) is 5.91 Å². The van der Waals surface area contributed by atoms with Gasteiger partial charge in [-0.05, 0) is 36.6 Å². The molecule has 0 spiro atoms. The number of halogens is 1.